The Morgan fingerprint density at radius 2 is 1.74 bits per heavy atom. The van der Waals surface area contributed by atoms with Crippen LogP contribution in [0.5, 0.6) is 0 Å². The number of carboxylic acids is 1. The number of carbonyl (C=O) groups is 3. The normalized spacial score (nSPS) is 12.0. The van der Waals surface area contributed by atoms with Gasteiger partial charge >= 0.3 is 12.1 Å². The Balaban J connectivity index is 1.36. The minimum atomic E-state index is -0.907. The maximum atomic E-state index is 12.6. The molecule has 3 N–H and O–H groups in total. The fraction of sp³-hybridized carbons (Fsp3) is 0.250. The van der Waals surface area contributed by atoms with Gasteiger partial charge in [0.2, 0.25) is 0 Å². The van der Waals surface area contributed by atoms with E-state index in [4.69, 9.17) is 9.84 Å². The second-order valence-electron chi connectivity index (χ2n) is 7.72. The van der Waals surface area contributed by atoms with Crippen molar-refractivity contribution in [1.29, 1.82) is 0 Å². The summed E-state index contributed by atoms with van der Waals surface area (Å²) in [7, 11) is 1.64. The maximum Gasteiger partial charge on any atom is 0.411 e. The van der Waals surface area contributed by atoms with Crippen LogP contribution in [0.25, 0.3) is 11.1 Å². The van der Waals surface area contributed by atoms with Gasteiger partial charge in [0, 0.05) is 31.5 Å². The summed E-state index contributed by atoms with van der Waals surface area (Å²) in [6.45, 7) is 0.431. The topological polar surface area (TPSA) is 123 Å². The van der Waals surface area contributed by atoms with Crippen LogP contribution in [0, 0.1) is 0 Å². The zero-order valence-electron chi connectivity index (χ0n) is 18.5. The zero-order valence-corrected chi connectivity index (χ0v) is 19.3. The zero-order chi connectivity index (χ0) is 24.1. The van der Waals surface area contributed by atoms with E-state index in [0.29, 0.717) is 5.75 Å². The van der Waals surface area contributed by atoms with Gasteiger partial charge in [-0.2, -0.15) is 5.10 Å². The van der Waals surface area contributed by atoms with Crippen LogP contribution in [-0.4, -0.2) is 57.5 Å². The molecule has 9 nitrogen and oxygen atoms in total. The molecule has 2 amide bonds. The van der Waals surface area contributed by atoms with Crippen LogP contribution in [0.15, 0.2) is 54.7 Å². The van der Waals surface area contributed by atoms with Crippen molar-refractivity contribution < 1.29 is 24.2 Å². The van der Waals surface area contributed by atoms with Gasteiger partial charge < -0.3 is 15.2 Å². The molecule has 0 fully saturated rings. The van der Waals surface area contributed by atoms with Crippen LogP contribution >= 0.6 is 11.8 Å². The number of carboxylic acid groups (broad SMARTS) is 1. The number of hydrogen-bond acceptors (Lipinski definition) is 6. The summed E-state index contributed by atoms with van der Waals surface area (Å²) in [6, 6.07) is 16.1. The average molecular weight is 481 g/mol. The number of ether oxygens (including phenoxy) is 1. The van der Waals surface area contributed by atoms with E-state index in [9.17, 15) is 14.4 Å². The van der Waals surface area contributed by atoms with Crippen molar-refractivity contribution in [3.05, 3.63) is 71.5 Å². The van der Waals surface area contributed by atoms with E-state index in [2.05, 4.69) is 27.9 Å². The van der Waals surface area contributed by atoms with E-state index in [1.165, 1.54) is 22.6 Å². The number of hydrogen-bond donors (Lipinski definition) is 3. The third kappa shape index (κ3) is 5.23. The van der Waals surface area contributed by atoms with Gasteiger partial charge in [-0.3, -0.25) is 19.6 Å². The molecule has 1 aliphatic rings. The van der Waals surface area contributed by atoms with Gasteiger partial charge in [0.1, 0.15) is 6.61 Å². The molecule has 0 bridgehead atoms. The molecule has 0 spiro atoms. The molecular weight excluding hydrogens is 456 g/mol. The molecule has 0 unspecified atom stereocenters. The second-order valence-corrected chi connectivity index (χ2v) is 8.82. The Hall–Kier alpha value is -3.79. The maximum absolute atomic E-state index is 12.6. The fourth-order valence-electron chi connectivity index (χ4n) is 3.97. The summed E-state index contributed by atoms with van der Waals surface area (Å²) < 4.78 is 6.97. The highest BCUT2D eigenvalue weighted by molar-refractivity contribution is 7.99. The summed E-state index contributed by atoms with van der Waals surface area (Å²) >= 11 is 1.20. The smallest absolute Gasteiger partial charge is 0.411 e. The van der Waals surface area contributed by atoms with E-state index in [1.807, 2.05) is 36.4 Å². The SMILES string of the molecule is Cn1cc(NC(=O)OCC2c3ccccc3-c3ccccc32)c(C(=O)NCCSCC(=O)O)n1. The largest absolute Gasteiger partial charge is 0.481 e. The minimum Gasteiger partial charge on any atom is -0.481 e. The Morgan fingerprint density at radius 1 is 1.09 bits per heavy atom. The highest BCUT2D eigenvalue weighted by atomic mass is 32.2. The van der Waals surface area contributed by atoms with Crippen LogP contribution in [0.2, 0.25) is 0 Å². The van der Waals surface area contributed by atoms with Crippen LogP contribution in [0.4, 0.5) is 10.5 Å². The predicted octanol–water partition coefficient (Wildman–Crippen LogP) is 3.33. The van der Waals surface area contributed by atoms with Crippen molar-refractivity contribution >= 4 is 35.4 Å². The summed E-state index contributed by atoms with van der Waals surface area (Å²) in [5.41, 5.74) is 4.78. The standard InChI is InChI=1S/C24H24N4O5S/c1-28-12-20(22(27-28)23(31)25-10-11-34-14-21(29)30)26-24(32)33-13-19-17-8-4-2-6-15(17)16-7-3-5-9-18(16)19/h2-9,12,19H,10-11,13-14H2,1H3,(H,25,31)(H,26,32)(H,29,30). The molecule has 0 saturated carbocycles. The number of aryl methyl sites for hydroxylation is 1. The summed E-state index contributed by atoms with van der Waals surface area (Å²) in [5, 5.41) is 18.1. The number of aromatic nitrogens is 2. The van der Waals surface area contributed by atoms with Gasteiger partial charge in [0.15, 0.2) is 5.69 Å². The Bertz CT molecular complexity index is 1180. The van der Waals surface area contributed by atoms with Crippen molar-refractivity contribution in [2.45, 2.75) is 5.92 Å². The monoisotopic (exact) mass is 480 g/mol. The molecule has 2 aromatic carbocycles. The molecule has 1 heterocycles. The predicted molar refractivity (Wildman–Crippen MR) is 129 cm³/mol. The third-order valence-corrected chi connectivity index (χ3v) is 6.33. The molecule has 0 atom stereocenters. The number of aliphatic carboxylic acids is 1. The summed E-state index contributed by atoms with van der Waals surface area (Å²) in [4.78, 5) is 35.6. The number of nitrogens with one attached hydrogen (secondary N) is 2. The number of nitrogens with zero attached hydrogens (tertiary/aromatic N) is 2. The minimum absolute atomic E-state index is 0.0337. The molecule has 0 radical (unpaired) electrons. The Kier molecular flexibility index (Phi) is 7.17. The van der Waals surface area contributed by atoms with E-state index in [-0.39, 0.29) is 36.2 Å². The summed E-state index contributed by atoms with van der Waals surface area (Å²) in [6.07, 6.45) is 0.844. The van der Waals surface area contributed by atoms with Crippen molar-refractivity contribution in [3.63, 3.8) is 0 Å². The number of fused-ring (bicyclic) bond motifs is 3. The Labute approximate surface area is 200 Å². The van der Waals surface area contributed by atoms with Gasteiger partial charge in [-0.25, -0.2) is 4.79 Å². The molecule has 1 aliphatic carbocycles. The van der Waals surface area contributed by atoms with Crippen molar-refractivity contribution in [2.75, 3.05) is 30.0 Å². The molecule has 4 rings (SSSR count). The van der Waals surface area contributed by atoms with Crippen molar-refractivity contribution in [3.8, 4) is 11.1 Å². The van der Waals surface area contributed by atoms with E-state index in [0.717, 1.165) is 22.3 Å². The molecule has 1 aromatic heterocycles. The van der Waals surface area contributed by atoms with Crippen molar-refractivity contribution in [2.24, 2.45) is 7.05 Å². The molecular formula is C24H24N4O5S. The number of thioether (sulfide) groups is 1. The number of rotatable bonds is 9. The van der Waals surface area contributed by atoms with Gasteiger partial charge in [-0.15, -0.1) is 11.8 Å². The Morgan fingerprint density at radius 3 is 2.38 bits per heavy atom. The average Bonchev–Trinajstić information content (AvgIpc) is 3.34. The first kappa shape index (κ1) is 23.4. The van der Waals surface area contributed by atoms with Crippen LogP contribution < -0.4 is 10.6 Å². The fourth-order valence-corrected chi connectivity index (χ4v) is 4.54. The van der Waals surface area contributed by atoms with Gasteiger partial charge in [0.25, 0.3) is 5.91 Å². The van der Waals surface area contributed by atoms with Crippen LogP contribution in [0.1, 0.15) is 27.5 Å². The quantitative estimate of drug-likeness (QED) is 0.402. The third-order valence-electron chi connectivity index (χ3n) is 5.38. The lowest BCUT2D eigenvalue weighted by atomic mass is 9.98. The second kappa shape index (κ2) is 10.4. The molecule has 3 aromatic rings. The first-order valence-electron chi connectivity index (χ1n) is 10.7. The lowest BCUT2D eigenvalue weighted by Gasteiger charge is -2.14. The number of carbonyl (C=O) groups excluding carboxylic acids is 2. The van der Waals surface area contributed by atoms with Gasteiger partial charge in [-0.05, 0) is 22.3 Å². The highest BCUT2D eigenvalue weighted by Crippen LogP contribution is 2.44. The van der Waals surface area contributed by atoms with E-state index < -0.39 is 18.0 Å². The van der Waals surface area contributed by atoms with E-state index >= 15 is 0 Å². The first-order chi connectivity index (χ1) is 16.4. The lowest BCUT2D eigenvalue weighted by molar-refractivity contribution is -0.133. The lowest BCUT2D eigenvalue weighted by Crippen LogP contribution is -2.28. The van der Waals surface area contributed by atoms with E-state index in [1.54, 1.807) is 7.05 Å². The van der Waals surface area contributed by atoms with Crippen LogP contribution in [-0.2, 0) is 16.6 Å². The molecule has 176 valence electrons. The molecule has 10 heteroatoms. The number of benzene rings is 2. The molecule has 0 aliphatic heterocycles. The van der Waals surface area contributed by atoms with Crippen molar-refractivity contribution in [1.82, 2.24) is 15.1 Å². The molecule has 34 heavy (non-hydrogen) atoms. The van der Waals surface area contributed by atoms with Gasteiger partial charge in [0.05, 0.1) is 11.4 Å². The number of anilines is 1. The van der Waals surface area contributed by atoms with Crippen LogP contribution in [0.3, 0.4) is 0 Å². The van der Waals surface area contributed by atoms with Gasteiger partial charge in [-0.1, -0.05) is 48.5 Å². The first-order valence-corrected chi connectivity index (χ1v) is 11.8. The number of amides is 2. The summed E-state index contributed by atoms with van der Waals surface area (Å²) in [5.74, 6) is -1.03. The highest BCUT2D eigenvalue weighted by Gasteiger charge is 2.29. The molecule has 0 saturated heterocycles.